The summed E-state index contributed by atoms with van der Waals surface area (Å²) in [4.78, 5) is 0. The van der Waals surface area contributed by atoms with E-state index in [-0.39, 0.29) is 5.79 Å². The van der Waals surface area contributed by atoms with Gasteiger partial charge in [-0.2, -0.15) is 0 Å². The van der Waals surface area contributed by atoms with Crippen molar-refractivity contribution in [3.63, 3.8) is 0 Å². The molecule has 3 nitrogen and oxygen atoms in total. The first-order valence-corrected chi connectivity index (χ1v) is 4.83. The van der Waals surface area contributed by atoms with Gasteiger partial charge in [0.15, 0.2) is 5.79 Å². The second-order valence-electron chi connectivity index (χ2n) is 3.81. The Labute approximate surface area is 73.2 Å². The molecule has 1 heterocycles. The molecule has 12 heavy (non-hydrogen) atoms. The monoisotopic (exact) mass is 171 g/mol. The van der Waals surface area contributed by atoms with Crippen LogP contribution < -0.4 is 5.73 Å². The van der Waals surface area contributed by atoms with Gasteiger partial charge >= 0.3 is 0 Å². The maximum Gasteiger partial charge on any atom is 0.168 e. The fourth-order valence-electron chi connectivity index (χ4n) is 2.26. The van der Waals surface area contributed by atoms with E-state index in [0.29, 0.717) is 5.92 Å². The zero-order valence-corrected chi connectivity index (χ0v) is 7.42. The topological polar surface area (TPSA) is 44.5 Å². The molecular formula is C9H17NO2. The van der Waals surface area contributed by atoms with Gasteiger partial charge in [-0.15, -0.1) is 0 Å². The van der Waals surface area contributed by atoms with E-state index in [1.54, 1.807) is 0 Å². The molecular weight excluding hydrogens is 154 g/mol. The lowest BCUT2D eigenvalue weighted by atomic mass is 9.85. The Kier molecular flexibility index (Phi) is 2.35. The minimum Gasteiger partial charge on any atom is -0.348 e. The normalized spacial score (nSPS) is 34.2. The minimum atomic E-state index is -0.234. The van der Waals surface area contributed by atoms with Crippen molar-refractivity contribution in [3.8, 4) is 0 Å². The number of nitrogens with two attached hydrogens (primary N) is 1. The molecule has 1 aliphatic carbocycles. The van der Waals surface area contributed by atoms with Gasteiger partial charge in [-0.1, -0.05) is 0 Å². The Morgan fingerprint density at radius 2 is 2.08 bits per heavy atom. The van der Waals surface area contributed by atoms with Crippen LogP contribution in [0.1, 0.15) is 25.7 Å². The van der Waals surface area contributed by atoms with Crippen LogP contribution in [0.4, 0.5) is 0 Å². The Morgan fingerprint density at radius 1 is 1.33 bits per heavy atom. The van der Waals surface area contributed by atoms with Crippen LogP contribution in [0.3, 0.4) is 0 Å². The van der Waals surface area contributed by atoms with Gasteiger partial charge in [0.2, 0.25) is 0 Å². The summed E-state index contributed by atoms with van der Waals surface area (Å²) < 4.78 is 11.3. The first-order chi connectivity index (χ1) is 5.85. The lowest BCUT2D eigenvalue weighted by molar-refractivity contribution is -0.186. The smallest absolute Gasteiger partial charge is 0.168 e. The van der Waals surface area contributed by atoms with E-state index < -0.39 is 0 Å². The predicted molar refractivity (Wildman–Crippen MR) is 45.6 cm³/mol. The highest BCUT2D eigenvalue weighted by Gasteiger charge is 2.40. The standard InChI is InChI=1S/C9H17NO2/c10-7-8-2-1-3-9(6-8)11-4-5-12-9/h8H,1-7,10H2/t8-/m0/s1. The zero-order valence-electron chi connectivity index (χ0n) is 7.42. The summed E-state index contributed by atoms with van der Waals surface area (Å²) >= 11 is 0. The third-order valence-corrected chi connectivity index (χ3v) is 2.92. The molecule has 1 spiro atoms. The molecule has 1 saturated carbocycles. The van der Waals surface area contributed by atoms with Gasteiger partial charge in [0.25, 0.3) is 0 Å². The van der Waals surface area contributed by atoms with Crippen molar-refractivity contribution in [1.29, 1.82) is 0 Å². The largest absolute Gasteiger partial charge is 0.348 e. The van der Waals surface area contributed by atoms with Crippen LogP contribution >= 0.6 is 0 Å². The van der Waals surface area contributed by atoms with Gasteiger partial charge in [-0.05, 0) is 25.3 Å². The Bertz CT molecular complexity index is 155. The summed E-state index contributed by atoms with van der Waals surface area (Å²) in [5, 5.41) is 0. The van der Waals surface area contributed by atoms with Crippen LogP contribution in [-0.4, -0.2) is 25.5 Å². The van der Waals surface area contributed by atoms with Gasteiger partial charge in [0, 0.05) is 12.8 Å². The molecule has 1 aliphatic heterocycles. The van der Waals surface area contributed by atoms with Crippen molar-refractivity contribution < 1.29 is 9.47 Å². The number of ether oxygens (including phenoxy) is 2. The highest BCUT2D eigenvalue weighted by Crippen LogP contribution is 2.38. The van der Waals surface area contributed by atoms with Gasteiger partial charge in [0.1, 0.15) is 0 Å². The van der Waals surface area contributed by atoms with E-state index in [1.807, 2.05) is 0 Å². The lowest BCUT2D eigenvalue weighted by Gasteiger charge is -2.35. The van der Waals surface area contributed by atoms with E-state index in [4.69, 9.17) is 15.2 Å². The average Bonchev–Trinajstić information content (AvgIpc) is 2.53. The average molecular weight is 171 g/mol. The van der Waals surface area contributed by atoms with Crippen LogP contribution in [-0.2, 0) is 9.47 Å². The summed E-state index contributed by atoms with van der Waals surface area (Å²) in [6.45, 7) is 2.29. The SMILES string of the molecule is NC[C@H]1CCCC2(C1)OCCO2. The second-order valence-corrected chi connectivity index (χ2v) is 3.81. The van der Waals surface area contributed by atoms with E-state index in [1.165, 1.54) is 12.8 Å². The molecule has 2 aliphatic rings. The minimum absolute atomic E-state index is 0.234. The molecule has 0 amide bonds. The van der Waals surface area contributed by atoms with Crippen molar-refractivity contribution in [3.05, 3.63) is 0 Å². The molecule has 0 aromatic rings. The molecule has 70 valence electrons. The van der Waals surface area contributed by atoms with Crippen molar-refractivity contribution in [1.82, 2.24) is 0 Å². The second kappa shape index (κ2) is 3.32. The molecule has 0 aromatic heterocycles. The summed E-state index contributed by atoms with van der Waals surface area (Å²) in [7, 11) is 0. The van der Waals surface area contributed by atoms with E-state index in [2.05, 4.69) is 0 Å². The van der Waals surface area contributed by atoms with Gasteiger partial charge in [0.05, 0.1) is 13.2 Å². The molecule has 0 unspecified atom stereocenters. The third-order valence-electron chi connectivity index (χ3n) is 2.92. The van der Waals surface area contributed by atoms with Crippen LogP contribution in [0.2, 0.25) is 0 Å². The quantitative estimate of drug-likeness (QED) is 0.637. The summed E-state index contributed by atoms with van der Waals surface area (Å²) in [6, 6.07) is 0. The third kappa shape index (κ3) is 1.49. The van der Waals surface area contributed by atoms with E-state index >= 15 is 0 Å². The van der Waals surface area contributed by atoms with E-state index in [0.717, 1.165) is 32.6 Å². The Morgan fingerprint density at radius 3 is 2.75 bits per heavy atom. The van der Waals surface area contributed by atoms with Crippen molar-refractivity contribution in [2.75, 3.05) is 19.8 Å². The van der Waals surface area contributed by atoms with Crippen molar-refractivity contribution >= 4 is 0 Å². The maximum absolute atomic E-state index is 5.64. The first kappa shape index (κ1) is 8.48. The number of hydrogen-bond acceptors (Lipinski definition) is 3. The van der Waals surface area contributed by atoms with Crippen LogP contribution in [0, 0.1) is 5.92 Å². The predicted octanol–water partition coefficient (Wildman–Crippen LogP) is 0.878. The number of rotatable bonds is 1. The summed E-state index contributed by atoms with van der Waals surface area (Å²) in [6.07, 6.45) is 4.50. The molecule has 2 fully saturated rings. The van der Waals surface area contributed by atoms with Gasteiger partial charge < -0.3 is 15.2 Å². The molecule has 2 rings (SSSR count). The van der Waals surface area contributed by atoms with Crippen LogP contribution in [0.5, 0.6) is 0 Å². The molecule has 0 aromatic carbocycles. The lowest BCUT2D eigenvalue weighted by Crippen LogP contribution is -2.38. The number of hydrogen-bond donors (Lipinski definition) is 1. The molecule has 0 radical (unpaired) electrons. The molecule has 3 heteroatoms. The highest BCUT2D eigenvalue weighted by atomic mass is 16.7. The Balaban J connectivity index is 1.97. The fraction of sp³-hybridized carbons (Fsp3) is 1.00. The van der Waals surface area contributed by atoms with Crippen molar-refractivity contribution in [2.24, 2.45) is 11.7 Å². The fourth-order valence-corrected chi connectivity index (χ4v) is 2.26. The summed E-state index contributed by atoms with van der Waals surface area (Å²) in [5.74, 6) is 0.374. The van der Waals surface area contributed by atoms with Crippen LogP contribution in [0.15, 0.2) is 0 Å². The van der Waals surface area contributed by atoms with Crippen LogP contribution in [0.25, 0.3) is 0 Å². The van der Waals surface area contributed by atoms with Gasteiger partial charge in [-0.25, -0.2) is 0 Å². The van der Waals surface area contributed by atoms with E-state index in [9.17, 15) is 0 Å². The molecule has 2 N–H and O–H groups in total. The molecule has 1 atom stereocenters. The van der Waals surface area contributed by atoms with Gasteiger partial charge in [-0.3, -0.25) is 0 Å². The molecule has 1 saturated heterocycles. The highest BCUT2D eigenvalue weighted by molar-refractivity contribution is 4.83. The van der Waals surface area contributed by atoms with Crippen molar-refractivity contribution in [2.45, 2.75) is 31.5 Å². The molecule has 0 bridgehead atoms. The summed E-state index contributed by atoms with van der Waals surface area (Å²) in [5.41, 5.74) is 5.64. The maximum atomic E-state index is 5.64. The zero-order chi connectivity index (χ0) is 8.44. The first-order valence-electron chi connectivity index (χ1n) is 4.83. The Hall–Kier alpha value is -0.120.